The maximum Gasteiger partial charge on any atom is 0.219 e. The molecule has 76 valence electrons. The number of hydrogen-bond acceptors (Lipinski definition) is 1. The summed E-state index contributed by atoms with van der Waals surface area (Å²) in [4.78, 5) is 10.9. The first-order valence-corrected chi connectivity index (χ1v) is 4.98. The lowest BCUT2D eigenvalue weighted by Gasteiger charge is -2.06. The van der Waals surface area contributed by atoms with Crippen LogP contribution in [0.5, 0.6) is 0 Å². The number of hydrogen-bond donors (Lipinski definition) is 1. The molecule has 0 heterocycles. The van der Waals surface area contributed by atoms with Gasteiger partial charge in [-0.25, -0.2) is 0 Å². The molecule has 0 aromatic heterocycles. The van der Waals surface area contributed by atoms with Crippen molar-refractivity contribution in [1.29, 1.82) is 0 Å². The van der Waals surface area contributed by atoms with E-state index < -0.39 is 0 Å². The summed E-state index contributed by atoms with van der Waals surface area (Å²) < 4.78 is 0. The topological polar surface area (TPSA) is 29.1 Å². The Balaban J connectivity index is 3.75. The van der Waals surface area contributed by atoms with Crippen LogP contribution >= 0.6 is 0 Å². The largest absolute Gasteiger partial charge is 0.359 e. The van der Waals surface area contributed by atoms with Gasteiger partial charge in [-0.05, 0) is 25.7 Å². The molecule has 0 aromatic rings. The van der Waals surface area contributed by atoms with Gasteiger partial charge in [0.25, 0.3) is 0 Å². The maximum atomic E-state index is 10.9. The number of rotatable bonds is 5. The Morgan fingerprint density at radius 2 is 2.15 bits per heavy atom. The Bertz CT molecular complexity index is 185. The number of nitrogens with one attached hydrogen (secondary N) is 1. The van der Waals surface area contributed by atoms with Crippen LogP contribution in [0.1, 0.15) is 40.0 Å². The van der Waals surface area contributed by atoms with Crippen molar-refractivity contribution in [3.05, 3.63) is 11.6 Å². The highest BCUT2D eigenvalue weighted by molar-refractivity contribution is 5.75. The van der Waals surface area contributed by atoms with Crippen LogP contribution in [-0.4, -0.2) is 13.0 Å². The zero-order chi connectivity index (χ0) is 10.3. The van der Waals surface area contributed by atoms with Gasteiger partial charge in [0.2, 0.25) is 5.91 Å². The van der Waals surface area contributed by atoms with E-state index in [1.54, 1.807) is 7.05 Å². The molecular weight excluding hydrogens is 162 g/mol. The van der Waals surface area contributed by atoms with Gasteiger partial charge in [0.15, 0.2) is 0 Å². The molecule has 1 unspecified atom stereocenters. The van der Waals surface area contributed by atoms with Crippen molar-refractivity contribution in [2.24, 2.45) is 5.92 Å². The van der Waals surface area contributed by atoms with Crippen LogP contribution in [0.25, 0.3) is 0 Å². The van der Waals surface area contributed by atoms with Crippen molar-refractivity contribution >= 4 is 5.91 Å². The Kier molecular flexibility index (Phi) is 6.29. The predicted molar refractivity (Wildman–Crippen MR) is 56.5 cm³/mol. The molecule has 0 saturated carbocycles. The molecule has 0 radical (unpaired) electrons. The fourth-order valence-electron chi connectivity index (χ4n) is 1.17. The van der Waals surface area contributed by atoms with Crippen molar-refractivity contribution in [2.75, 3.05) is 7.05 Å². The zero-order valence-electron chi connectivity index (χ0n) is 9.18. The van der Waals surface area contributed by atoms with Gasteiger partial charge in [0.1, 0.15) is 0 Å². The van der Waals surface area contributed by atoms with E-state index in [0.717, 1.165) is 12.8 Å². The lowest BCUT2D eigenvalue weighted by Crippen LogP contribution is -2.17. The fraction of sp³-hybridized carbons (Fsp3) is 0.727. The van der Waals surface area contributed by atoms with Crippen molar-refractivity contribution in [3.63, 3.8) is 0 Å². The summed E-state index contributed by atoms with van der Waals surface area (Å²) in [6.07, 6.45) is 4.93. The second kappa shape index (κ2) is 6.70. The van der Waals surface area contributed by atoms with E-state index in [0.29, 0.717) is 12.3 Å². The fourth-order valence-corrected chi connectivity index (χ4v) is 1.17. The summed E-state index contributed by atoms with van der Waals surface area (Å²) in [5.74, 6) is 0.645. The van der Waals surface area contributed by atoms with Gasteiger partial charge >= 0.3 is 0 Å². The maximum absolute atomic E-state index is 10.9. The van der Waals surface area contributed by atoms with E-state index in [1.807, 2.05) is 0 Å². The first-order chi connectivity index (χ1) is 6.10. The molecule has 1 amide bonds. The number of carbonyl (C=O) groups excluding carboxylic acids is 1. The zero-order valence-corrected chi connectivity index (χ0v) is 9.18. The molecule has 2 nitrogen and oxygen atoms in total. The Morgan fingerprint density at radius 1 is 1.54 bits per heavy atom. The van der Waals surface area contributed by atoms with Crippen LogP contribution in [0.2, 0.25) is 0 Å². The molecule has 0 aliphatic rings. The normalized spacial score (nSPS) is 14.0. The van der Waals surface area contributed by atoms with Gasteiger partial charge in [-0.1, -0.05) is 25.5 Å². The highest BCUT2D eigenvalue weighted by atomic mass is 16.1. The summed E-state index contributed by atoms with van der Waals surface area (Å²) >= 11 is 0. The van der Waals surface area contributed by atoms with Gasteiger partial charge in [0, 0.05) is 13.5 Å². The van der Waals surface area contributed by atoms with Crippen molar-refractivity contribution in [1.82, 2.24) is 5.32 Å². The number of carbonyl (C=O) groups is 1. The average Bonchev–Trinajstić information content (AvgIpc) is 2.13. The minimum Gasteiger partial charge on any atom is -0.359 e. The number of amides is 1. The highest BCUT2D eigenvalue weighted by Gasteiger charge is 2.02. The van der Waals surface area contributed by atoms with Crippen LogP contribution in [0.15, 0.2) is 11.6 Å². The predicted octanol–water partition coefficient (Wildman–Crippen LogP) is 2.50. The van der Waals surface area contributed by atoms with Gasteiger partial charge in [-0.15, -0.1) is 0 Å². The molecule has 0 spiro atoms. The first kappa shape index (κ1) is 12.2. The van der Waals surface area contributed by atoms with Crippen LogP contribution in [-0.2, 0) is 4.79 Å². The van der Waals surface area contributed by atoms with E-state index in [9.17, 15) is 4.79 Å². The lowest BCUT2D eigenvalue weighted by atomic mass is 10.0. The smallest absolute Gasteiger partial charge is 0.219 e. The standard InChI is InChI=1S/C11H21NO/c1-5-9(2)8-10(3)6-7-11(13)12-4/h8,10H,5-7H2,1-4H3,(H,12,13). The van der Waals surface area contributed by atoms with Gasteiger partial charge in [-0.2, -0.15) is 0 Å². The molecule has 0 fully saturated rings. The summed E-state index contributed by atoms with van der Waals surface area (Å²) in [6, 6.07) is 0. The summed E-state index contributed by atoms with van der Waals surface area (Å²) in [5.41, 5.74) is 1.41. The molecule has 0 aliphatic heterocycles. The van der Waals surface area contributed by atoms with Gasteiger partial charge < -0.3 is 5.32 Å². The van der Waals surface area contributed by atoms with Crippen molar-refractivity contribution in [2.45, 2.75) is 40.0 Å². The third-order valence-electron chi connectivity index (χ3n) is 2.23. The minimum absolute atomic E-state index is 0.134. The van der Waals surface area contributed by atoms with Gasteiger partial charge in [-0.3, -0.25) is 4.79 Å². The quantitative estimate of drug-likeness (QED) is 0.652. The van der Waals surface area contributed by atoms with E-state index in [1.165, 1.54) is 5.57 Å². The van der Waals surface area contributed by atoms with Crippen LogP contribution in [0, 0.1) is 5.92 Å². The minimum atomic E-state index is 0.134. The number of allylic oxidation sites excluding steroid dienone is 2. The molecule has 13 heavy (non-hydrogen) atoms. The third kappa shape index (κ3) is 6.38. The third-order valence-corrected chi connectivity index (χ3v) is 2.23. The van der Waals surface area contributed by atoms with Crippen LogP contribution in [0.3, 0.4) is 0 Å². The molecule has 0 rings (SSSR count). The molecule has 1 atom stereocenters. The van der Waals surface area contributed by atoms with Crippen molar-refractivity contribution < 1.29 is 4.79 Å². The molecule has 2 heteroatoms. The molecular formula is C11H21NO. The molecule has 0 aromatic carbocycles. The lowest BCUT2D eigenvalue weighted by molar-refractivity contribution is -0.120. The van der Waals surface area contributed by atoms with Crippen LogP contribution < -0.4 is 5.32 Å². The molecule has 0 saturated heterocycles. The van der Waals surface area contributed by atoms with E-state index in [-0.39, 0.29) is 5.91 Å². The second-order valence-corrected chi connectivity index (χ2v) is 3.56. The molecule has 0 bridgehead atoms. The van der Waals surface area contributed by atoms with Crippen molar-refractivity contribution in [3.8, 4) is 0 Å². The Morgan fingerprint density at radius 3 is 2.62 bits per heavy atom. The van der Waals surface area contributed by atoms with E-state index in [4.69, 9.17) is 0 Å². The SMILES string of the molecule is CCC(C)=CC(C)CCC(=O)NC. The highest BCUT2D eigenvalue weighted by Crippen LogP contribution is 2.11. The Hall–Kier alpha value is -0.790. The summed E-state index contributed by atoms with van der Waals surface area (Å²) in [5, 5.41) is 2.63. The second-order valence-electron chi connectivity index (χ2n) is 3.56. The first-order valence-electron chi connectivity index (χ1n) is 4.98. The van der Waals surface area contributed by atoms with E-state index in [2.05, 4.69) is 32.2 Å². The Labute approximate surface area is 81.4 Å². The summed E-state index contributed by atoms with van der Waals surface area (Å²) in [6.45, 7) is 6.44. The van der Waals surface area contributed by atoms with Gasteiger partial charge in [0.05, 0.1) is 0 Å². The summed E-state index contributed by atoms with van der Waals surface area (Å²) in [7, 11) is 1.68. The van der Waals surface area contributed by atoms with E-state index >= 15 is 0 Å². The molecule has 1 N–H and O–H groups in total. The molecule has 0 aliphatic carbocycles. The monoisotopic (exact) mass is 183 g/mol. The average molecular weight is 183 g/mol. The van der Waals surface area contributed by atoms with Crippen LogP contribution in [0.4, 0.5) is 0 Å².